The highest BCUT2D eigenvalue weighted by Crippen LogP contribution is 2.52. The summed E-state index contributed by atoms with van der Waals surface area (Å²) in [6.45, 7) is 22.8. The van der Waals surface area contributed by atoms with Crippen LogP contribution in [-0.2, 0) is 9.59 Å². The molecule has 0 aromatic heterocycles. The Kier molecular flexibility index (Phi) is 9.62. The van der Waals surface area contributed by atoms with Crippen molar-refractivity contribution in [2.45, 2.75) is 101 Å². The molecule has 5 nitrogen and oxygen atoms in total. The molecule has 0 radical (unpaired) electrons. The largest absolute Gasteiger partial charge is 0.426 e. The van der Waals surface area contributed by atoms with Gasteiger partial charge in [-0.1, -0.05) is 99.6 Å². The van der Waals surface area contributed by atoms with Crippen molar-refractivity contribution in [3.8, 4) is 5.75 Å². The average Bonchev–Trinajstić information content (AvgIpc) is 3.30. The highest BCUT2D eigenvalue weighted by molar-refractivity contribution is 6.09. The molecule has 3 rings (SSSR count). The van der Waals surface area contributed by atoms with Gasteiger partial charge in [0.1, 0.15) is 5.75 Å². The topological polar surface area (TPSA) is 63.7 Å². The molecular formula is C36H51NO4. The quantitative estimate of drug-likeness (QED) is 0.166. The first-order valence-electron chi connectivity index (χ1n) is 15.0. The average molecular weight is 562 g/mol. The lowest BCUT2D eigenvalue weighted by Crippen LogP contribution is -2.54. The normalized spacial score (nSPS) is 16.4. The summed E-state index contributed by atoms with van der Waals surface area (Å²) in [5.41, 5.74) is 0.342. The van der Waals surface area contributed by atoms with E-state index in [0.29, 0.717) is 29.7 Å². The van der Waals surface area contributed by atoms with Crippen molar-refractivity contribution in [2.24, 2.45) is 27.6 Å². The Morgan fingerprint density at radius 3 is 1.85 bits per heavy atom. The zero-order valence-corrected chi connectivity index (χ0v) is 27.0. The molecule has 2 aromatic carbocycles. The third kappa shape index (κ3) is 7.87. The summed E-state index contributed by atoms with van der Waals surface area (Å²) >= 11 is 0. The number of carbonyl (C=O) groups is 3. The van der Waals surface area contributed by atoms with Crippen molar-refractivity contribution >= 4 is 17.7 Å². The van der Waals surface area contributed by atoms with Crippen molar-refractivity contribution in [3.63, 3.8) is 0 Å². The molecule has 1 heterocycles. The number of amides is 1. The number of likely N-dealkylation sites (tertiary alicyclic amines) is 1. The van der Waals surface area contributed by atoms with Gasteiger partial charge in [-0.05, 0) is 65.2 Å². The van der Waals surface area contributed by atoms with E-state index in [1.165, 1.54) is 0 Å². The minimum Gasteiger partial charge on any atom is -0.426 e. The summed E-state index contributed by atoms with van der Waals surface area (Å²) in [5.74, 6) is -0.0373. The van der Waals surface area contributed by atoms with E-state index in [1.54, 1.807) is 36.4 Å². The van der Waals surface area contributed by atoms with Gasteiger partial charge in [-0.15, -0.1) is 0 Å². The fraction of sp³-hybridized carbons (Fsp3) is 0.583. The van der Waals surface area contributed by atoms with Crippen molar-refractivity contribution in [2.75, 3.05) is 6.54 Å². The smallest absolute Gasteiger partial charge is 0.314 e. The van der Waals surface area contributed by atoms with Gasteiger partial charge in [0.05, 0.1) is 5.92 Å². The van der Waals surface area contributed by atoms with Crippen LogP contribution in [0.1, 0.15) is 111 Å². The van der Waals surface area contributed by atoms with Crippen LogP contribution in [0.5, 0.6) is 5.75 Å². The molecule has 2 aromatic rings. The van der Waals surface area contributed by atoms with Crippen LogP contribution < -0.4 is 4.74 Å². The van der Waals surface area contributed by atoms with E-state index in [0.717, 1.165) is 19.4 Å². The summed E-state index contributed by atoms with van der Waals surface area (Å²) in [6.07, 6.45) is 3.04. The van der Waals surface area contributed by atoms with Crippen LogP contribution in [0.3, 0.4) is 0 Å². The van der Waals surface area contributed by atoms with Gasteiger partial charge in [0.25, 0.3) is 0 Å². The predicted octanol–water partition coefficient (Wildman–Crippen LogP) is 8.36. The van der Waals surface area contributed by atoms with E-state index in [-0.39, 0.29) is 51.3 Å². The van der Waals surface area contributed by atoms with Crippen molar-refractivity contribution < 1.29 is 19.1 Å². The molecule has 2 unspecified atom stereocenters. The highest BCUT2D eigenvalue weighted by atomic mass is 16.5. The lowest BCUT2D eigenvalue weighted by molar-refractivity contribution is -0.148. The number of carbonyl (C=O) groups excluding carboxylic acids is 3. The molecule has 1 aliphatic rings. The Hall–Kier alpha value is -2.95. The van der Waals surface area contributed by atoms with E-state index in [9.17, 15) is 14.4 Å². The fourth-order valence-electron chi connectivity index (χ4n) is 5.92. The van der Waals surface area contributed by atoms with Crippen LogP contribution in [0.2, 0.25) is 0 Å². The molecule has 0 N–H and O–H groups in total. The van der Waals surface area contributed by atoms with Crippen LogP contribution in [-0.4, -0.2) is 35.1 Å². The lowest BCUT2D eigenvalue weighted by Gasteiger charge is -2.53. The number of nitrogens with zero attached hydrogens (tertiary/aromatic N) is 1. The second-order valence-electron chi connectivity index (χ2n) is 15.3. The van der Waals surface area contributed by atoms with E-state index in [1.807, 2.05) is 18.2 Å². The van der Waals surface area contributed by atoms with Crippen molar-refractivity contribution in [1.82, 2.24) is 4.90 Å². The number of esters is 1. The maximum atomic E-state index is 13.8. The van der Waals surface area contributed by atoms with Gasteiger partial charge in [0.15, 0.2) is 5.78 Å². The highest BCUT2D eigenvalue weighted by Gasteiger charge is 2.51. The predicted molar refractivity (Wildman–Crippen MR) is 166 cm³/mol. The second-order valence-corrected chi connectivity index (χ2v) is 15.3. The zero-order valence-electron chi connectivity index (χ0n) is 27.0. The molecule has 0 saturated carbocycles. The fourth-order valence-corrected chi connectivity index (χ4v) is 5.92. The first-order valence-corrected chi connectivity index (χ1v) is 15.0. The molecular weight excluding hydrogens is 510 g/mol. The maximum Gasteiger partial charge on any atom is 0.314 e. The van der Waals surface area contributed by atoms with Gasteiger partial charge in [0, 0.05) is 30.1 Å². The number of ketones is 1. The second kappa shape index (κ2) is 12.1. The number of benzene rings is 2. The molecule has 41 heavy (non-hydrogen) atoms. The number of hydrogen-bond acceptors (Lipinski definition) is 4. The molecule has 0 bridgehead atoms. The minimum absolute atomic E-state index is 0.0529. The molecule has 1 amide bonds. The van der Waals surface area contributed by atoms with Gasteiger partial charge in [-0.2, -0.15) is 0 Å². The summed E-state index contributed by atoms with van der Waals surface area (Å²) in [5, 5.41) is 0. The first-order chi connectivity index (χ1) is 18.8. The van der Waals surface area contributed by atoms with E-state index < -0.39 is 0 Å². The monoisotopic (exact) mass is 561 g/mol. The SMILES string of the molecule is CC(C)(C)CC(N1CCCC1=O)C(C)(C)C(C)(C)CC(C(=O)Oc1ccc(C(=O)c2ccccc2)cc1)C(C)(C)C. The Balaban J connectivity index is 1.83. The molecule has 5 heteroatoms. The van der Waals surface area contributed by atoms with E-state index in [4.69, 9.17) is 4.74 Å². The first kappa shape index (κ1) is 32.6. The summed E-state index contributed by atoms with van der Waals surface area (Å²) < 4.78 is 5.95. The van der Waals surface area contributed by atoms with E-state index in [2.05, 4.69) is 74.1 Å². The van der Waals surface area contributed by atoms with Crippen LogP contribution in [0.25, 0.3) is 0 Å². The van der Waals surface area contributed by atoms with Gasteiger partial charge in [0.2, 0.25) is 5.91 Å². The van der Waals surface area contributed by atoms with Crippen LogP contribution in [0.4, 0.5) is 0 Å². The van der Waals surface area contributed by atoms with Crippen LogP contribution >= 0.6 is 0 Å². The van der Waals surface area contributed by atoms with Crippen LogP contribution in [0.15, 0.2) is 54.6 Å². The van der Waals surface area contributed by atoms with Gasteiger partial charge >= 0.3 is 5.97 Å². The minimum atomic E-state index is -0.369. The summed E-state index contributed by atoms with van der Waals surface area (Å²) in [6, 6.07) is 16.0. The summed E-state index contributed by atoms with van der Waals surface area (Å²) in [4.78, 5) is 41.6. The zero-order chi connectivity index (χ0) is 30.8. The van der Waals surface area contributed by atoms with Gasteiger partial charge < -0.3 is 9.64 Å². The Morgan fingerprint density at radius 2 is 1.37 bits per heavy atom. The number of rotatable bonds is 10. The molecule has 2 atom stereocenters. The number of ether oxygens (including phenoxy) is 1. The molecule has 1 fully saturated rings. The van der Waals surface area contributed by atoms with Gasteiger partial charge in [-0.25, -0.2) is 0 Å². The van der Waals surface area contributed by atoms with Gasteiger partial charge in [-0.3, -0.25) is 14.4 Å². The molecule has 224 valence electrons. The molecule has 1 aliphatic heterocycles. The lowest BCUT2D eigenvalue weighted by atomic mass is 9.56. The van der Waals surface area contributed by atoms with Crippen molar-refractivity contribution in [1.29, 1.82) is 0 Å². The Labute approximate surface area is 248 Å². The third-order valence-electron chi connectivity index (χ3n) is 9.28. The van der Waals surface area contributed by atoms with Crippen LogP contribution in [0, 0.1) is 27.6 Å². The molecule has 0 spiro atoms. The molecule has 0 aliphatic carbocycles. The molecule has 1 saturated heterocycles. The Morgan fingerprint density at radius 1 is 0.805 bits per heavy atom. The van der Waals surface area contributed by atoms with E-state index >= 15 is 0 Å². The third-order valence-corrected chi connectivity index (χ3v) is 9.28. The summed E-state index contributed by atoms with van der Waals surface area (Å²) in [7, 11) is 0. The standard InChI is InChI=1S/C36H51NO4/c1-33(2,3)24-29(37-22-14-17-30(37)38)36(9,10)35(7,8)23-28(34(4,5)6)32(40)41-27-20-18-26(19-21-27)31(39)25-15-12-11-13-16-25/h11-13,15-16,18-21,28-29H,14,17,22-24H2,1-10H3. The Bertz CT molecular complexity index is 1210. The number of hydrogen-bond donors (Lipinski definition) is 0. The maximum absolute atomic E-state index is 13.8. The van der Waals surface area contributed by atoms with Crippen molar-refractivity contribution in [3.05, 3.63) is 65.7 Å².